The second-order valence-electron chi connectivity index (χ2n) is 4.89. The van der Waals surface area contributed by atoms with E-state index >= 15 is 0 Å². The first-order valence-corrected chi connectivity index (χ1v) is 6.02. The Hall–Kier alpha value is -1.19. The minimum absolute atomic E-state index is 0.433. The second-order valence-corrected chi connectivity index (χ2v) is 4.89. The van der Waals surface area contributed by atoms with Crippen LogP contribution in [0.3, 0.4) is 0 Å². The van der Waals surface area contributed by atoms with Crippen LogP contribution in [0.4, 0.5) is 18.9 Å². The molecule has 0 aromatic heterocycles. The van der Waals surface area contributed by atoms with Crippen LogP contribution < -0.4 is 4.90 Å². The Balaban J connectivity index is 1.97. The van der Waals surface area contributed by atoms with Crippen molar-refractivity contribution in [2.75, 3.05) is 11.4 Å². The quantitative estimate of drug-likeness (QED) is 0.670. The van der Waals surface area contributed by atoms with Gasteiger partial charge in [0.05, 0.1) is 5.56 Å². The highest BCUT2D eigenvalue weighted by molar-refractivity contribution is 5.61. The molecule has 0 radical (unpaired) electrons. The zero-order chi connectivity index (χ0) is 12.0. The lowest BCUT2D eigenvalue weighted by Crippen LogP contribution is -2.36. The van der Waals surface area contributed by atoms with E-state index in [0.29, 0.717) is 6.04 Å². The number of piperidine rings is 1. The molecule has 1 saturated heterocycles. The maximum atomic E-state index is 12.6. The molecule has 2 aliphatic rings. The summed E-state index contributed by atoms with van der Waals surface area (Å²) in [5, 5.41) is 0. The zero-order valence-corrected chi connectivity index (χ0v) is 9.43. The molecule has 0 spiro atoms. The fraction of sp³-hybridized carbons (Fsp3) is 0.538. The van der Waals surface area contributed by atoms with E-state index < -0.39 is 11.7 Å². The Morgan fingerprint density at radius 1 is 1.18 bits per heavy atom. The van der Waals surface area contributed by atoms with Gasteiger partial charge in [-0.25, -0.2) is 0 Å². The fourth-order valence-electron chi connectivity index (χ4n) is 2.99. The van der Waals surface area contributed by atoms with Crippen molar-refractivity contribution in [3.8, 4) is 0 Å². The highest BCUT2D eigenvalue weighted by Crippen LogP contribution is 2.40. The Morgan fingerprint density at radius 3 is 2.76 bits per heavy atom. The van der Waals surface area contributed by atoms with E-state index in [0.717, 1.165) is 37.1 Å². The molecular formula is C13H14F3N. The highest BCUT2D eigenvalue weighted by Gasteiger charge is 2.35. The molecule has 1 unspecified atom stereocenters. The molecule has 92 valence electrons. The average Bonchev–Trinajstić information content (AvgIpc) is 2.65. The van der Waals surface area contributed by atoms with Gasteiger partial charge in [0, 0.05) is 18.3 Å². The van der Waals surface area contributed by atoms with Gasteiger partial charge in [0.2, 0.25) is 0 Å². The highest BCUT2D eigenvalue weighted by atomic mass is 19.4. The lowest BCUT2D eigenvalue weighted by Gasteiger charge is -2.31. The van der Waals surface area contributed by atoms with Crippen LogP contribution in [0.15, 0.2) is 18.2 Å². The van der Waals surface area contributed by atoms with Crippen LogP contribution in [0.25, 0.3) is 0 Å². The molecule has 1 aromatic carbocycles. The third-order valence-corrected chi connectivity index (χ3v) is 3.80. The normalized spacial score (nSPS) is 23.5. The molecule has 1 nitrogen and oxygen atoms in total. The Labute approximate surface area is 98.2 Å². The van der Waals surface area contributed by atoms with Crippen LogP contribution in [0.5, 0.6) is 0 Å². The molecule has 0 aliphatic carbocycles. The van der Waals surface area contributed by atoms with Crippen molar-refractivity contribution in [2.24, 2.45) is 0 Å². The van der Waals surface area contributed by atoms with Gasteiger partial charge < -0.3 is 4.90 Å². The molecule has 1 atom stereocenters. The van der Waals surface area contributed by atoms with E-state index in [2.05, 4.69) is 4.90 Å². The van der Waals surface area contributed by atoms with Crippen molar-refractivity contribution in [3.05, 3.63) is 29.3 Å². The summed E-state index contributed by atoms with van der Waals surface area (Å²) in [7, 11) is 0. The van der Waals surface area contributed by atoms with Crippen LogP contribution in [0.1, 0.15) is 30.4 Å². The summed E-state index contributed by atoms with van der Waals surface area (Å²) in [5.74, 6) is 0. The molecule has 4 heteroatoms. The van der Waals surface area contributed by atoms with E-state index in [4.69, 9.17) is 0 Å². The van der Waals surface area contributed by atoms with Crippen LogP contribution in [-0.2, 0) is 12.6 Å². The number of hydrogen-bond donors (Lipinski definition) is 0. The summed E-state index contributed by atoms with van der Waals surface area (Å²) in [4.78, 5) is 2.28. The van der Waals surface area contributed by atoms with Gasteiger partial charge in [-0.2, -0.15) is 13.2 Å². The predicted octanol–water partition coefficient (Wildman–Crippen LogP) is 3.62. The third-order valence-electron chi connectivity index (χ3n) is 3.80. The van der Waals surface area contributed by atoms with E-state index in [9.17, 15) is 13.2 Å². The van der Waals surface area contributed by atoms with Gasteiger partial charge in [-0.3, -0.25) is 0 Å². The van der Waals surface area contributed by atoms with Gasteiger partial charge in [0.25, 0.3) is 0 Å². The first kappa shape index (κ1) is 10.9. The molecular weight excluding hydrogens is 227 g/mol. The Bertz CT molecular complexity index is 439. The lowest BCUT2D eigenvalue weighted by molar-refractivity contribution is -0.137. The number of fused-ring (bicyclic) bond motifs is 3. The van der Waals surface area contributed by atoms with Gasteiger partial charge >= 0.3 is 6.18 Å². The number of anilines is 1. The molecule has 1 fully saturated rings. The summed E-state index contributed by atoms with van der Waals surface area (Å²) >= 11 is 0. The summed E-state index contributed by atoms with van der Waals surface area (Å²) in [5.41, 5.74) is 1.37. The van der Waals surface area contributed by atoms with Crippen molar-refractivity contribution < 1.29 is 13.2 Å². The van der Waals surface area contributed by atoms with Crippen LogP contribution in [0.2, 0.25) is 0 Å². The third kappa shape index (κ3) is 1.79. The first-order valence-electron chi connectivity index (χ1n) is 6.02. The topological polar surface area (TPSA) is 3.24 Å². The van der Waals surface area contributed by atoms with E-state index in [1.807, 2.05) is 0 Å². The van der Waals surface area contributed by atoms with E-state index in [-0.39, 0.29) is 0 Å². The molecule has 1 aromatic rings. The molecule has 17 heavy (non-hydrogen) atoms. The smallest absolute Gasteiger partial charge is 0.368 e. The van der Waals surface area contributed by atoms with Gasteiger partial charge in [0.1, 0.15) is 0 Å². The van der Waals surface area contributed by atoms with Crippen LogP contribution >= 0.6 is 0 Å². The maximum Gasteiger partial charge on any atom is 0.416 e. The standard InChI is InChI=1S/C13H14F3N/c14-13(15,16)10-4-5-12-9(7-10)8-11-3-1-2-6-17(11)12/h4-5,7,11H,1-3,6,8H2. The lowest BCUT2D eigenvalue weighted by atomic mass is 10.0. The molecule has 0 amide bonds. The number of benzene rings is 1. The zero-order valence-electron chi connectivity index (χ0n) is 9.43. The summed E-state index contributed by atoms with van der Waals surface area (Å²) in [6.45, 7) is 0.989. The summed E-state index contributed by atoms with van der Waals surface area (Å²) < 4.78 is 37.8. The van der Waals surface area contributed by atoms with Crippen molar-refractivity contribution >= 4 is 5.69 Å². The van der Waals surface area contributed by atoms with E-state index in [1.165, 1.54) is 18.6 Å². The van der Waals surface area contributed by atoms with E-state index in [1.54, 1.807) is 6.07 Å². The first-order chi connectivity index (χ1) is 8.05. The Morgan fingerprint density at radius 2 is 2.00 bits per heavy atom. The number of rotatable bonds is 0. The molecule has 0 N–H and O–H groups in total. The van der Waals surface area contributed by atoms with Gasteiger partial charge in [-0.15, -0.1) is 0 Å². The van der Waals surface area contributed by atoms with Crippen molar-refractivity contribution in [1.29, 1.82) is 0 Å². The predicted molar refractivity (Wildman–Crippen MR) is 60.1 cm³/mol. The average molecular weight is 241 g/mol. The minimum Gasteiger partial charge on any atom is -0.368 e. The monoisotopic (exact) mass is 241 g/mol. The molecule has 2 heterocycles. The molecule has 0 saturated carbocycles. The second kappa shape index (κ2) is 3.65. The van der Waals surface area contributed by atoms with Gasteiger partial charge in [-0.05, 0) is 49.4 Å². The maximum absolute atomic E-state index is 12.6. The molecule has 2 aliphatic heterocycles. The number of hydrogen-bond acceptors (Lipinski definition) is 1. The van der Waals surface area contributed by atoms with Crippen molar-refractivity contribution in [1.82, 2.24) is 0 Å². The summed E-state index contributed by atoms with van der Waals surface area (Å²) in [6, 6.07) is 4.61. The SMILES string of the molecule is FC(F)(F)c1ccc2c(c1)CC1CCCCN21. The minimum atomic E-state index is -4.22. The van der Waals surface area contributed by atoms with Gasteiger partial charge in [-0.1, -0.05) is 0 Å². The molecule has 0 bridgehead atoms. The largest absolute Gasteiger partial charge is 0.416 e. The Kier molecular flexibility index (Phi) is 2.35. The van der Waals surface area contributed by atoms with Crippen LogP contribution in [0, 0.1) is 0 Å². The fourth-order valence-corrected chi connectivity index (χ4v) is 2.99. The van der Waals surface area contributed by atoms with Crippen LogP contribution in [-0.4, -0.2) is 12.6 Å². The number of halogens is 3. The number of alkyl halides is 3. The van der Waals surface area contributed by atoms with Crippen molar-refractivity contribution in [3.63, 3.8) is 0 Å². The van der Waals surface area contributed by atoms with Gasteiger partial charge in [0.15, 0.2) is 0 Å². The molecule has 3 rings (SSSR count). The van der Waals surface area contributed by atoms with Crippen molar-refractivity contribution in [2.45, 2.75) is 37.9 Å². The number of nitrogens with zero attached hydrogens (tertiary/aromatic N) is 1. The summed E-state index contributed by atoms with van der Waals surface area (Å²) in [6.07, 6.45) is 0.00561.